The summed E-state index contributed by atoms with van der Waals surface area (Å²) in [5.74, 6) is -0.603. The lowest BCUT2D eigenvalue weighted by molar-refractivity contribution is -0.137. The number of nitrogens with one attached hydrogen (secondary N) is 3. The van der Waals surface area contributed by atoms with Crippen molar-refractivity contribution in [2.75, 3.05) is 58.3 Å². The first kappa shape index (κ1) is 31.7. The lowest BCUT2D eigenvalue weighted by atomic mass is 10.0. The third kappa shape index (κ3) is 8.07. The molecule has 0 bridgehead atoms. The number of fused-ring (bicyclic) bond motifs is 2. The maximum Gasteiger partial charge on any atom is 0.258 e. The van der Waals surface area contributed by atoms with Crippen LogP contribution in [0.3, 0.4) is 0 Å². The van der Waals surface area contributed by atoms with E-state index in [1.807, 2.05) is 12.1 Å². The normalized spacial score (nSPS) is 16.1. The predicted octanol–water partition coefficient (Wildman–Crippen LogP) is 0.629. The molecule has 15 nitrogen and oxygen atoms in total. The van der Waals surface area contributed by atoms with E-state index >= 15 is 0 Å². The van der Waals surface area contributed by atoms with Gasteiger partial charge >= 0.3 is 0 Å². The van der Waals surface area contributed by atoms with Crippen molar-refractivity contribution in [3.05, 3.63) is 53.9 Å². The molecule has 45 heavy (non-hydrogen) atoms. The van der Waals surface area contributed by atoms with Crippen molar-refractivity contribution in [2.24, 2.45) is 0 Å². The number of hydrogen-bond donors (Lipinski definition) is 4. The maximum atomic E-state index is 13.3. The Balaban J connectivity index is 1.16. The number of carbonyl (C=O) groups excluding carboxylic acids is 4. The molecule has 0 radical (unpaired) electrons. The van der Waals surface area contributed by atoms with Crippen LogP contribution in [0.15, 0.2) is 42.7 Å². The molecule has 4 amide bonds. The second-order valence-corrected chi connectivity index (χ2v) is 10.2. The summed E-state index contributed by atoms with van der Waals surface area (Å²) in [6, 6.07) is 9.90. The lowest BCUT2D eigenvalue weighted by Crippen LogP contribution is -2.52. The number of anilines is 2. The largest absolute Gasteiger partial charge is 0.483 e. The molecule has 1 aromatic heterocycles. The van der Waals surface area contributed by atoms with Gasteiger partial charge in [0.05, 0.1) is 43.9 Å². The van der Waals surface area contributed by atoms with Gasteiger partial charge in [0.15, 0.2) is 6.61 Å². The van der Waals surface area contributed by atoms with Crippen LogP contribution in [0.1, 0.15) is 28.8 Å². The fourth-order valence-corrected chi connectivity index (χ4v) is 5.02. The first-order valence-electron chi connectivity index (χ1n) is 14.5. The highest BCUT2D eigenvalue weighted by molar-refractivity contribution is 6.06. The Hall–Kier alpha value is -4.70. The number of rotatable bonds is 16. The summed E-state index contributed by atoms with van der Waals surface area (Å²) in [4.78, 5) is 59.8. The van der Waals surface area contributed by atoms with Gasteiger partial charge in [-0.05, 0) is 36.2 Å². The topological polar surface area (TPSA) is 191 Å². The van der Waals surface area contributed by atoms with E-state index in [2.05, 4.69) is 25.9 Å². The Kier molecular flexibility index (Phi) is 10.8. The van der Waals surface area contributed by atoms with Gasteiger partial charge in [0.25, 0.3) is 11.8 Å². The lowest BCUT2D eigenvalue weighted by Gasteiger charge is -2.29. The molecule has 5 rings (SSSR count). The van der Waals surface area contributed by atoms with Crippen LogP contribution in [0.2, 0.25) is 0 Å². The number of hydrogen-bond acceptors (Lipinski definition) is 12. The molecule has 15 heteroatoms. The number of carbonyl (C=O) groups is 4. The second-order valence-electron chi connectivity index (χ2n) is 10.2. The number of benzene rings is 2. The number of aliphatic hydroxyl groups excluding tert-OH is 1. The van der Waals surface area contributed by atoms with E-state index in [4.69, 9.17) is 24.1 Å². The van der Waals surface area contributed by atoms with Gasteiger partial charge in [-0.3, -0.25) is 24.5 Å². The summed E-state index contributed by atoms with van der Waals surface area (Å²) < 4.78 is 21.3. The van der Waals surface area contributed by atoms with E-state index in [1.165, 1.54) is 11.2 Å². The van der Waals surface area contributed by atoms with Crippen molar-refractivity contribution in [2.45, 2.75) is 25.4 Å². The van der Waals surface area contributed by atoms with Crippen LogP contribution in [-0.2, 0) is 35.1 Å². The Bertz CT molecular complexity index is 1550. The van der Waals surface area contributed by atoms with Gasteiger partial charge < -0.3 is 39.6 Å². The van der Waals surface area contributed by atoms with Crippen molar-refractivity contribution in [1.82, 2.24) is 25.5 Å². The molecule has 1 fully saturated rings. The van der Waals surface area contributed by atoms with Crippen molar-refractivity contribution < 1.29 is 43.2 Å². The van der Waals surface area contributed by atoms with Gasteiger partial charge in [0, 0.05) is 30.8 Å². The van der Waals surface area contributed by atoms with Crippen LogP contribution in [-0.4, -0.2) is 103 Å². The number of amides is 4. The highest BCUT2D eigenvalue weighted by Crippen LogP contribution is 2.34. The number of aromatic nitrogens is 2. The Morgan fingerprint density at radius 1 is 1.02 bits per heavy atom. The van der Waals surface area contributed by atoms with E-state index < -0.39 is 11.9 Å². The summed E-state index contributed by atoms with van der Waals surface area (Å²) in [7, 11) is 0. The first-order chi connectivity index (χ1) is 21.9. The molecule has 4 N–H and O–H groups in total. The Morgan fingerprint density at radius 3 is 2.62 bits per heavy atom. The molecule has 1 saturated heterocycles. The fraction of sp³-hybridized carbons (Fsp3) is 0.400. The summed E-state index contributed by atoms with van der Waals surface area (Å²) in [6.07, 6.45) is 1.87. The number of nitrogens with zero attached hydrogens (tertiary/aromatic N) is 3. The zero-order chi connectivity index (χ0) is 31.6. The number of ether oxygens (including phenoxy) is 4. The molecule has 1 unspecified atom stereocenters. The first-order valence-corrected chi connectivity index (χ1v) is 14.5. The monoisotopic (exact) mass is 622 g/mol. The van der Waals surface area contributed by atoms with Crippen molar-refractivity contribution in [3.8, 4) is 5.75 Å². The van der Waals surface area contributed by atoms with Crippen LogP contribution in [0, 0.1) is 0 Å². The number of imide groups is 1. The van der Waals surface area contributed by atoms with Gasteiger partial charge in [-0.1, -0.05) is 12.1 Å². The van der Waals surface area contributed by atoms with E-state index in [0.29, 0.717) is 73.3 Å². The fourth-order valence-electron chi connectivity index (χ4n) is 5.02. The third-order valence-electron chi connectivity index (χ3n) is 7.18. The van der Waals surface area contributed by atoms with E-state index in [1.54, 1.807) is 24.3 Å². The van der Waals surface area contributed by atoms with Gasteiger partial charge in [-0.25, -0.2) is 9.97 Å². The Labute approximate surface area is 258 Å². The minimum atomic E-state index is -0.696. The smallest absolute Gasteiger partial charge is 0.258 e. The SMILES string of the molecule is O=C(COc1cccc2ncnc(Nc3ccc4c(c3)C(=O)N(C3CCC(=O)NC3=O)C4)c12)NCCOCCOCCOCO. The molecular weight excluding hydrogens is 588 g/mol. The standard InChI is InChI=1S/C30H34N6O9/c37-18-44-13-12-43-11-10-42-9-8-31-26(39)16-45-24-3-1-2-22-27(24)28(33-17-32-22)34-20-5-4-19-15-36(30(41)21(19)14-20)23-6-7-25(38)35-29(23)40/h1-5,14,17,23,37H,6-13,15-16,18H2,(H,31,39)(H,32,33,34)(H,35,38,40). The van der Waals surface area contributed by atoms with Crippen LogP contribution in [0.5, 0.6) is 5.75 Å². The molecule has 238 valence electrons. The van der Waals surface area contributed by atoms with E-state index in [9.17, 15) is 19.2 Å². The van der Waals surface area contributed by atoms with Crippen molar-refractivity contribution in [3.63, 3.8) is 0 Å². The predicted molar refractivity (Wildman–Crippen MR) is 158 cm³/mol. The minimum Gasteiger partial charge on any atom is -0.483 e. The molecule has 1 atom stereocenters. The number of aliphatic hydroxyl groups is 1. The van der Waals surface area contributed by atoms with Crippen LogP contribution >= 0.6 is 0 Å². The third-order valence-corrected chi connectivity index (χ3v) is 7.18. The van der Waals surface area contributed by atoms with Gasteiger partial charge in [-0.2, -0.15) is 0 Å². The average molecular weight is 623 g/mol. The summed E-state index contributed by atoms with van der Waals surface area (Å²) in [5, 5.41) is 17.4. The molecule has 3 heterocycles. The maximum absolute atomic E-state index is 13.3. The van der Waals surface area contributed by atoms with Crippen LogP contribution in [0.25, 0.3) is 10.9 Å². The van der Waals surface area contributed by atoms with Crippen molar-refractivity contribution >= 4 is 46.0 Å². The highest BCUT2D eigenvalue weighted by Gasteiger charge is 2.39. The summed E-state index contributed by atoms with van der Waals surface area (Å²) in [6.45, 7) is 1.66. The van der Waals surface area contributed by atoms with E-state index in [0.717, 1.165) is 5.56 Å². The van der Waals surface area contributed by atoms with Crippen LogP contribution in [0.4, 0.5) is 11.5 Å². The molecule has 2 aromatic carbocycles. The quantitative estimate of drug-likeness (QED) is 0.0992. The van der Waals surface area contributed by atoms with E-state index in [-0.39, 0.29) is 50.5 Å². The van der Waals surface area contributed by atoms with Crippen LogP contribution < -0.4 is 20.7 Å². The Morgan fingerprint density at radius 2 is 1.82 bits per heavy atom. The van der Waals surface area contributed by atoms with Crippen molar-refractivity contribution in [1.29, 1.82) is 0 Å². The summed E-state index contributed by atoms with van der Waals surface area (Å²) >= 11 is 0. The second kappa shape index (κ2) is 15.3. The molecule has 3 aromatic rings. The minimum absolute atomic E-state index is 0.186. The molecule has 0 saturated carbocycles. The molecule has 0 aliphatic carbocycles. The number of piperidine rings is 1. The molecule has 2 aliphatic heterocycles. The zero-order valence-corrected chi connectivity index (χ0v) is 24.5. The summed E-state index contributed by atoms with van der Waals surface area (Å²) in [5.41, 5.74) is 2.41. The molecular formula is C30H34N6O9. The van der Waals surface area contributed by atoms with Gasteiger partial charge in [-0.15, -0.1) is 0 Å². The molecule has 2 aliphatic rings. The van der Waals surface area contributed by atoms with Gasteiger partial charge in [0.2, 0.25) is 11.8 Å². The average Bonchev–Trinajstić information content (AvgIpc) is 3.36. The highest BCUT2D eigenvalue weighted by atomic mass is 16.6. The zero-order valence-electron chi connectivity index (χ0n) is 24.5. The van der Waals surface area contributed by atoms with Gasteiger partial charge in [0.1, 0.15) is 30.7 Å². The molecule has 0 spiro atoms.